The molecule has 2 aliphatic rings. The topological polar surface area (TPSA) is 53.0 Å². The van der Waals surface area contributed by atoms with Gasteiger partial charge in [0.15, 0.2) is 0 Å². The highest BCUT2D eigenvalue weighted by Crippen LogP contribution is 2.48. The summed E-state index contributed by atoms with van der Waals surface area (Å²) in [5.74, 6) is -0.354. The summed E-state index contributed by atoms with van der Waals surface area (Å²) in [6.45, 7) is 10.4. The maximum atomic E-state index is 14.2. The molecule has 1 fully saturated rings. The van der Waals surface area contributed by atoms with Crippen molar-refractivity contribution in [1.82, 2.24) is 0 Å². The van der Waals surface area contributed by atoms with Crippen molar-refractivity contribution in [2.75, 3.05) is 22.9 Å². The molecule has 1 amide bonds. The number of aliphatic imine (C=N–C) groups is 1. The van der Waals surface area contributed by atoms with Crippen molar-refractivity contribution in [2.45, 2.75) is 53.0 Å². The number of fused-ring (bicyclic) bond motifs is 2. The number of rotatable bonds is 6. The van der Waals surface area contributed by atoms with E-state index >= 15 is 0 Å². The Kier molecular flexibility index (Phi) is 7.20. The Labute approximate surface area is 226 Å². The largest absolute Gasteiger partial charge is 0.372 e. The molecule has 0 radical (unpaired) electrons. The third-order valence-electron chi connectivity index (χ3n) is 7.85. The average molecular weight is 508 g/mol. The fraction of sp³-hybridized carbons (Fsp3) is 0.364. The number of carbonyl (C=O) groups excluding carboxylic acids is 2. The number of amides is 1. The van der Waals surface area contributed by atoms with Gasteiger partial charge in [0.1, 0.15) is 5.78 Å². The number of hydrogen-bond acceptors (Lipinski definition) is 4. The van der Waals surface area contributed by atoms with Crippen LogP contribution in [0.5, 0.6) is 0 Å². The Hall–Kier alpha value is -3.73. The lowest BCUT2D eigenvalue weighted by Gasteiger charge is -2.41. The summed E-state index contributed by atoms with van der Waals surface area (Å²) in [5, 5.41) is 0. The summed E-state index contributed by atoms with van der Waals surface area (Å²) in [7, 11) is 0. The van der Waals surface area contributed by atoms with E-state index in [1.807, 2.05) is 59.5 Å². The van der Waals surface area contributed by atoms with Gasteiger partial charge in [-0.25, -0.2) is 0 Å². The van der Waals surface area contributed by atoms with Gasteiger partial charge in [0.2, 0.25) is 5.91 Å². The van der Waals surface area contributed by atoms with Gasteiger partial charge in [-0.3, -0.25) is 14.6 Å². The molecule has 38 heavy (non-hydrogen) atoms. The molecule has 0 bridgehead atoms. The minimum absolute atomic E-state index is 0.0319. The lowest BCUT2D eigenvalue weighted by molar-refractivity contribution is -0.124. The van der Waals surface area contributed by atoms with Crippen LogP contribution in [0.25, 0.3) is 0 Å². The van der Waals surface area contributed by atoms with Gasteiger partial charge in [0, 0.05) is 30.9 Å². The predicted octanol–water partition coefficient (Wildman–Crippen LogP) is 6.94. The van der Waals surface area contributed by atoms with Crippen LogP contribution in [-0.4, -0.2) is 30.5 Å². The van der Waals surface area contributed by atoms with Crippen LogP contribution in [0.3, 0.4) is 0 Å². The number of hydrogen-bond donors (Lipinski definition) is 0. The van der Waals surface area contributed by atoms with Gasteiger partial charge in [-0.1, -0.05) is 68.4 Å². The van der Waals surface area contributed by atoms with Crippen molar-refractivity contribution in [3.63, 3.8) is 0 Å². The van der Waals surface area contributed by atoms with Crippen LogP contribution in [0.1, 0.15) is 57.7 Å². The molecular formula is C33H37N3O2. The van der Waals surface area contributed by atoms with E-state index in [-0.39, 0.29) is 23.5 Å². The first kappa shape index (κ1) is 25.9. The van der Waals surface area contributed by atoms with Crippen LogP contribution in [0.4, 0.5) is 17.1 Å². The molecule has 5 rings (SSSR count). The fourth-order valence-electron chi connectivity index (χ4n) is 6.07. The van der Waals surface area contributed by atoms with E-state index in [4.69, 9.17) is 4.99 Å². The van der Waals surface area contributed by atoms with Gasteiger partial charge in [-0.2, -0.15) is 0 Å². The number of anilines is 2. The van der Waals surface area contributed by atoms with E-state index in [2.05, 4.69) is 56.9 Å². The van der Waals surface area contributed by atoms with Crippen molar-refractivity contribution in [3.8, 4) is 0 Å². The van der Waals surface area contributed by atoms with Crippen molar-refractivity contribution >= 4 is 34.5 Å². The first-order valence-corrected chi connectivity index (χ1v) is 13.7. The van der Waals surface area contributed by atoms with Gasteiger partial charge in [0.05, 0.1) is 29.8 Å². The van der Waals surface area contributed by atoms with Crippen LogP contribution in [0, 0.1) is 11.3 Å². The Balaban J connectivity index is 1.67. The molecule has 0 aromatic heterocycles. The fourth-order valence-corrected chi connectivity index (χ4v) is 6.07. The zero-order chi connectivity index (χ0) is 26.9. The molecule has 1 heterocycles. The van der Waals surface area contributed by atoms with E-state index in [1.165, 1.54) is 0 Å². The zero-order valence-corrected chi connectivity index (χ0v) is 22.9. The van der Waals surface area contributed by atoms with E-state index < -0.39 is 12.0 Å². The highest BCUT2D eigenvalue weighted by Gasteiger charge is 2.47. The third kappa shape index (κ3) is 5.02. The van der Waals surface area contributed by atoms with Gasteiger partial charge in [-0.15, -0.1) is 0 Å². The van der Waals surface area contributed by atoms with E-state index in [0.29, 0.717) is 6.42 Å². The summed E-state index contributed by atoms with van der Waals surface area (Å²) in [6, 6.07) is 25.6. The molecule has 5 nitrogen and oxygen atoms in total. The molecule has 5 heteroatoms. The number of ketones is 1. The molecule has 2 unspecified atom stereocenters. The Morgan fingerprint density at radius 3 is 2.26 bits per heavy atom. The monoisotopic (exact) mass is 507 g/mol. The first-order valence-electron chi connectivity index (χ1n) is 13.7. The van der Waals surface area contributed by atoms with Crippen LogP contribution in [-0.2, 0) is 16.0 Å². The Morgan fingerprint density at radius 2 is 1.58 bits per heavy atom. The zero-order valence-electron chi connectivity index (χ0n) is 22.9. The second-order valence-corrected chi connectivity index (χ2v) is 11.2. The summed E-state index contributed by atoms with van der Waals surface area (Å²) >= 11 is 0. The molecule has 0 saturated heterocycles. The summed E-state index contributed by atoms with van der Waals surface area (Å²) in [4.78, 5) is 37.4. The van der Waals surface area contributed by atoms with E-state index in [0.717, 1.165) is 53.4 Å². The molecule has 2 atom stereocenters. The quantitative estimate of drug-likeness (QED) is 0.363. The lowest BCUT2D eigenvalue weighted by Crippen LogP contribution is -2.47. The van der Waals surface area contributed by atoms with Crippen molar-refractivity contribution in [2.24, 2.45) is 16.3 Å². The average Bonchev–Trinajstić information content (AvgIpc) is 3.04. The first-order chi connectivity index (χ1) is 18.3. The van der Waals surface area contributed by atoms with Crippen molar-refractivity contribution in [3.05, 3.63) is 90.0 Å². The van der Waals surface area contributed by atoms with Crippen molar-refractivity contribution in [1.29, 1.82) is 0 Å². The Morgan fingerprint density at radius 1 is 0.921 bits per heavy atom. The number of Topliss-reactive ketones (excluding diaryl/α,β-unsaturated/α-hetero) is 1. The highest BCUT2D eigenvalue weighted by atomic mass is 16.2. The normalized spacial score (nSPS) is 20.2. The minimum Gasteiger partial charge on any atom is -0.372 e. The maximum absolute atomic E-state index is 14.2. The second-order valence-electron chi connectivity index (χ2n) is 11.2. The van der Waals surface area contributed by atoms with Gasteiger partial charge >= 0.3 is 0 Å². The third-order valence-corrected chi connectivity index (χ3v) is 7.85. The lowest BCUT2D eigenvalue weighted by atomic mass is 9.68. The number of nitrogens with zero attached hydrogens (tertiary/aromatic N) is 3. The number of para-hydroxylation sites is 2. The molecule has 1 aliphatic carbocycles. The Bertz CT molecular complexity index is 1340. The minimum atomic E-state index is -0.477. The van der Waals surface area contributed by atoms with Gasteiger partial charge < -0.3 is 9.80 Å². The highest BCUT2D eigenvalue weighted by molar-refractivity contribution is 6.13. The van der Waals surface area contributed by atoms with Crippen LogP contribution in [0.15, 0.2) is 83.9 Å². The van der Waals surface area contributed by atoms with E-state index in [9.17, 15) is 9.59 Å². The van der Waals surface area contributed by atoms with Crippen LogP contribution in [0.2, 0.25) is 0 Å². The number of carbonyl (C=O) groups is 2. The molecule has 196 valence electrons. The molecular weight excluding hydrogens is 470 g/mol. The van der Waals surface area contributed by atoms with Gasteiger partial charge in [0.25, 0.3) is 0 Å². The summed E-state index contributed by atoms with van der Waals surface area (Å²) in [6.07, 6.45) is 1.46. The van der Waals surface area contributed by atoms with Crippen molar-refractivity contribution < 1.29 is 9.59 Å². The smallest absolute Gasteiger partial charge is 0.232 e. The molecule has 1 aliphatic heterocycles. The SMILES string of the molecule is CCN(CC)c1ccc(C2C3C(=O)CC(C)(C)CC3=Nc3ccccc3N2C(=O)Cc2ccccc2)cc1. The number of benzene rings is 3. The molecule has 0 spiro atoms. The second kappa shape index (κ2) is 10.6. The molecule has 0 N–H and O–H groups in total. The maximum Gasteiger partial charge on any atom is 0.232 e. The van der Waals surface area contributed by atoms with E-state index in [1.54, 1.807) is 0 Å². The van der Waals surface area contributed by atoms with Gasteiger partial charge in [-0.05, 0) is 61.1 Å². The van der Waals surface area contributed by atoms with Crippen LogP contribution >= 0.6 is 0 Å². The summed E-state index contributed by atoms with van der Waals surface area (Å²) in [5.41, 5.74) is 5.28. The standard InChI is InChI=1S/C33H37N3O2/c1-5-35(6-2)25-18-16-24(17-19-25)32-31-27(21-33(3,4)22-29(31)37)34-26-14-10-11-15-28(26)36(32)30(38)20-23-12-8-7-9-13-23/h7-19,31-32H,5-6,20-22H2,1-4H3. The molecule has 3 aromatic rings. The molecule has 3 aromatic carbocycles. The predicted molar refractivity (Wildman–Crippen MR) is 155 cm³/mol. The summed E-state index contributed by atoms with van der Waals surface area (Å²) < 4.78 is 0. The molecule has 1 saturated carbocycles. The van der Waals surface area contributed by atoms with Crippen LogP contribution < -0.4 is 9.80 Å².